The molecule has 3 rings (SSSR count). The van der Waals surface area contributed by atoms with Gasteiger partial charge in [0.05, 0.1) is 17.1 Å². The maximum atomic E-state index is 12.7. The van der Waals surface area contributed by atoms with E-state index in [1.54, 1.807) is 6.20 Å². The molecule has 114 valence electrons. The van der Waals surface area contributed by atoms with E-state index in [1.807, 2.05) is 30.3 Å². The molecule has 3 heteroatoms. The SMILES string of the molecule is CC(C)=C[C@H]1[C@@H](C(=O)Nc2cccc3cccnc23)C1(C)C. The number of pyridine rings is 1. The first-order chi connectivity index (χ1) is 10.4. The Bertz CT molecular complexity index is 752. The van der Waals surface area contributed by atoms with Gasteiger partial charge in [-0.25, -0.2) is 0 Å². The fourth-order valence-electron chi connectivity index (χ4n) is 3.26. The highest BCUT2D eigenvalue weighted by molar-refractivity contribution is 6.02. The largest absolute Gasteiger partial charge is 0.324 e. The van der Waals surface area contributed by atoms with Crippen molar-refractivity contribution in [2.45, 2.75) is 27.7 Å². The number of carbonyl (C=O) groups excluding carboxylic acids is 1. The predicted octanol–water partition coefficient (Wildman–Crippen LogP) is 4.41. The number of amides is 1. The number of fused-ring (bicyclic) bond motifs is 1. The molecule has 3 nitrogen and oxygen atoms in total. The van der Waals surface area contributed by atoms with Crippen molar-refractivity contribution in [3.63, 3.8) is 0 Å². The number of benzene rings is 1. The van der Waals surface area contributed by atoms with Crippen LogP contribution in [0.5, 0.6) is 0 Å². The molecule has 1 aromatic heterocycles. The minimum atomic E-state index is 0.0271. The third-order valence-corrected chi connectivity index (χ3v) is 4.60. The van der Waals surface area contributed by atoms with Gasteiger partial charge in [-0.3, -0.25) is 9.78 Å². The van der Waals surface area contributed by atoms with Crippen LogP contribution in [0.2, 0.25) is 0 Å². The van der Waals surface area contributed by atoms with Gasteiger partial charge in [0.1, 0.15) is 0 Å². The van der Waals surface area contributed by atoms with Gasteiger partial charge in [-0.1, -0.05) is 43.7 Å². The Kier molecular flexibility index (Phi) is 3.51. The lowest BCUT2D eigenvalue weighted by atomic mass is 10.1. The second-order valence-corrected chi connectivity index (χ2v) is 6.94. The van der Waals surface area contributed by atoms with E-state index < -0.39 is 0 Å². The highest BCUT2D eigenvalue weighted by atomic mass is 16.2. The molecule has 0 unspecified atom stereocenters. The molecule has 2 atom stereocenters. The quantitative estimate of drug-likeness (QED) is 0.852. The predicted molar refractivity (Wildman–Crippen MR) is 90.6 cm³/mol. The van der Waals surface area contributed by atoms with Gasteiger partial charge in [0, 0.05) is 11.6 Å². The van der Waals surface area contributed by atoms with Crippen LogP contribution >= 0.6 is 0 Å². The average Bonchev–Trinajstić information content (AvgIpc) is 2.99. The Hall–Kier alpha value is -2.16. The van der Waals surface area contributed by atoms with Crippen molar-refractivity contribution in [2.75, 3.05) is 5.32 Å². The molecular weight excluding hydrogens is 272 g/mol. The van der Waals surface area contributed by atoms with E-state index in [4.69, 9.17) is 0 Å². The van der Waals surface area contributed by atoms with Crippen molar-refractivity contribution in [3.05, 3.63) is 48.2 Å². The summed E-state index contributed by atoms with van der Waals surface area (Å²) in [7, 11) is 0. The summed E-state index contributed by atoms with van der Waals surface area (Å²) in [6.45, 7) is 8.47. The summed E-state index contributed by atoms with van der Waals surface area (Å²) >= 11 is 0. The van der Waals surface area contributed by atoms with Gasteiger partial charge in [0.2, 0.25) is 5.91 Å². The Morgan fingerprint density at radius 3 is 2.68 bits per heavy atom. The fourth-order valence-corrected chi connectivity index (χ4v) is 3.26. The van der Waals surface area contributed by atoms with E-state index in [0.29, 0.717) is 5.92 Å². The summed E-state index contributed by atoms with van der Waals surface area (Å²) in [5.41, 5.74) is 2.93. The van der Waals surface area contributed by atoms with Crippen molar-refractivity contribution in [3.8, 4) is 0 Å². The maximum absolute atomic E-state index is 12.7. The van der Waals surface area contributed by atoms with Crippen LogP contribution in [-0.2, 0) is 4.79 Å². The number of allylic oxidation sites excluding steroid dienone is 2. The summed E-state index contributed by atoms with van der Waals surface area (Å²) < 4.78 is 0. The molecule has 0 spiro atoms. The highest BCUT2D eigenvalue weighted by Gasteiger charge is 2.60. The second-order valence-electron chi connectivity index (χ2n) is 6.94. The van der Waals surface area contributed by atoms with Gasteiger partial charge in [-0.2, -0.15) is 0 Å². The van der Waals surface area contributed by atoms with E-state index in [9.17, 15) is 4.79 Å². The number of para-hydroxylation sites is 1. The second kappa shape index (κ2) is 5.24. The molecule has 1 fully saturated rings. The lowest BCUT2D eigenvalue weighted by Gasteiger charge is -2.08. The minimum absolute atomic E-state index is 0.0271. The lowest BCUT2D eigenvalue weighted by Crippen LogP contribution is -2.17. The van der Waals surface area contributed by atoms with Crippen LogP contribution in [0.4, 0.5) is 5.69 Å². The number of aromatic nitrogens is 1. The maximum Gasteiger partial charge on any atom is 0.228 e. The monoisotopic (exact) mass is 294 g/mol. The molecule has 0 aliphatic heterocycles. The first-order valence-electron chi connectivity index (χ1n) is 7.71. The van der Waals surface area contributed by atoms with Crippen molar-refractivity contribution < 1.29 is 4.79 Å². The zero-order valence-corrected chi connectivity index (χ0v) is 13.6. The zero-order chi connectivity index (χ0) is 15.9. The van der Waals surface area contributed by atoms with E-state index in [0.717, 1.165) is 16.6 Å². The molecule has 1 aromatic carbocycles. The summed E-state index contributed by atoms with van der Waals surface area (Å²) in [5, 5.41) is 4.11. The Morgan fingerprint density at radius 2 is 1.95 bits per heavy atom. The van der Waals surface area contributed by atoms with Crippen LogP contribution in [0.15, 0.2) is 48.2 Å². The smallest absolute Gasteiger partial charge is 0.228 e. The Balaban J connectivity index is 1.84. The number of nitrogens with zero attached hydrogens (tertiary/aromatic N) is 1. The van der Waals surface area contributed by atoms with E-state index in [2.05, 4.69) is 44.1 Å². The third-order valence-electron chi connectivity index (χ3n) is 4.60. The molecule has 22 heavy (non-hydrogen) atoms. The Labute approximate surface area is 131 Å². The van der Waals surface area contributed by atoms with E-state index >= 15 is 0 Å². The van der Waals surface area contributed by atoms with E-state index in [1.165, 1.54) is 5.57 Å². The third kappa shape index (κ3) is 2.52. The molecular formula is C19H22N2O. The van der Waals surface area contributed by atoms with Crippen LogP contribution in [-0.4, -0.2) is 10.9 Å². The molecule has 2 aromatic rings. The molecule has 0 radical (unpaired) electrons. The van der Waals surface area contributed by atoms with Crippen molar-refractivity contribution >= 4 is 22.5 Å². The van der Waals surface area contributed by atoms with Crippen molar-refractivity contribution in [1.82, 2.24) is 4.98 Å². The number of nitrogens with one attached hydrogen (secondary N) is 1. The lowest BCUT2D eigenvalue weighted by molar-refractivity contribution is -0.118. The Morgan fingerprint density at radius 1 is 1.23 bits per heavy atom. The molecule has 0 bridgehead atoms. The number of rotatable bonds is 3. The molecule has 1 amide bonds. The van der Waals surface area contributed by atoms with Crippen LogP contribution in [0.1, 0.15) is 27.7 Å². The van der Waals surface area contributed by atoms with Crippen LogP contribution in [0.25, 0.3) is 10.9 Å². The van der Waals surface area contributed by atoms with Crippen molar-refractivity contribution in [2.24, 2.45) is 17.3 Å². The van der Waals surface area contributed by atoms with Crippen LogP contribution in [0, 0.1) is 17.3 Å². The summed E-state index contributed by atoms with van der Waals surface area (Å²) in [4.78, 5) is 17.0. The number of anilines is 1. The van der Waals surface area contributed by atoms with Gasteiger partial charge in [-0.05, 0) is 37.3 Å². The van der Waals surface area contributed by atoms with Gasteiger partial charge in [-0.15, -0.1) is 0 Å². The molecule has 1 N–H and O–H groups in total. The molecule has 1 saturated carbocycles. The van der Waals surface area contributed by atoms with Gasteiger partial charge >= 0.3 is 0 Å². The van der Waals surface area contributed by atoms with Crippen molar-refractivity contribution in [1.29, 1.82) is 0 Å². The van der Waals surface area contributed by atoms with Crippen LogP contribution < -0.4 is 5.32 Å². The first kappa shape index (κ1) is 14.8. The molecule has 1 aliphatic rings. The number of hydrogen-bond acceptors (Lipinski definition) is 2. The van der Waals surface area contributed by atoms with Gasteiger partial charge < -0.3 is 5.32 Å². The highest BCUT2D eigenvalue weighted by Crippen LogP contribution is 2.59. The topological polar surface area (TPSA) is 42.0 Å². The summed E-state index contributed by atoms with van der Waals surface area (Å²) in [6, 6.07) is 9.78. The molecule has 1 heterocycles. The van der Waals surface area contributed by atoms with E-state index in [-0.39, 0.29) is 17.2 Å². The zero-order valence-electron chi connectivity index (χ0n) is 13.6. The van der Waals surface area contributed by atoms with Gasteiger partial charge in [0.15, 0.2) is 0 Å². The average molecular weight is 294 g/mol. The number of hydrogen-bond donors (Lipinski definition) is 1. The minimum Gasteiger partial charge on any atom is -0.324 e. The summed E-state index contributed by atoms with van der Waals surface area (Å²) in [6.07, 6.45) is 3.97. The van der Waals surface area contributed by atoms with Gasteiger partial charge in [0.25, 0.3) is 0 Å². The normalized spacial score (nSPS) is 22.2. The molecule has 1 aliphatic carbocycles. The number of carbonyl (C=O) groups is 1. The fraction of sp³-hybridized carbons (Fsp3) is 0.368. The molecule has 0 saturated heterocycles. The summed E-state index contributed by atoms with van der Waals surface area (Å²) in [5.74, 6) is 0.437. The first-order valence-corrected chi connectivity index (χ1v) is 7.71. The van der Waals surface area contributed by atoms with Crippen LogP contribution in [0.3, 0.4) is 0 Å². The standard InChI is InChI=1S/C19H22N2O/c1-12(2)11-14-16(19(14,3)4)18(22)21-15-9-5-7-13-8-6-10-20-17(13)15/h5-11,14,16H,1-4H3,(H,21,22)/t14-,16-/m0/s1.